The lowest BCUT2D eigenvalue weighted by atomic mass is 10.0. The van der Waals surface area contributed by atoms with E-state index in [1.54, 1.807) is 33.9 Å². The maximum atomic E-state index is 15.1. The first-order valence-corrected chi connectivity index (χ1v) is 15.1. The number of ether oxygens (including phenoxy) is 1. The van der Waals surface area contributed by atoms with Gasteiger partial charge in [0.15, 0.2) is 5.65 Å². The molecule has 0 aliphatic carbocycles. The number of rotatable bonds is 8. The van der Waals surface area contributed by atoms with E-state index in [1.807, 2.05) is 19.3 Å². The normalized spacial score (nSPS) is 13.2. The van der Waals surface area contributed by atoms with E-state index in [2.05, 4.69) is 39.9 Å². The van der Waals surface area contributed by atoms with E-state index in [4.69, 9.17) is 4.74 Å². The van der Waals surface area contributed by atoms with Crippen LogP contribution in [0.1, 0.15) is 17.4 Å². The fourth-order valence-electron chi connectivity index (χ4n) is 3.87. The van der Waals surface area contributed by atoms with Crippen molar-refractivity contribution in [2.24, 2.45) is 7.05 Å². The lowest BCUT2D eigenvalue weighted by Gasteiger charge is -2.15. The molecule has 182 valence electrons. The number of fused-ring (bicyclic) bond motifs is 2. The van der Waals surface area contributed by atoms with E-state index in [1.165, 1.54) is 16.8 Å². The Balaban J connectivity index is 1.42. The largest absolute Gasteiger partial charge is 0.382 e. The number of halogens is 1. The first-order valence-electron chi connectivity index (χ1n) is 11.4. The van der Waals surface area contributed by atoms with Crippen molar-refractivity contribution in [1.82, 2.24) is 34.2 Å². The van der Waals surface area contributed by atoms with E-state index in [0.717, 1.165) is 11.6 Å². The van der Waals surface area contributed by atoms with Crippen LogP contribution < -0.4 is 0 Å². The molecule has 5 rings (SSSR count). The highest BCUT2D eigenvalue weighted by atomic mass is 28.3. The van der Waals surface area contributed by atoms with Crippen LogP contribution in [-0.2, 0) is 18.5 Å². The van der Waals surface area contributed by atoms with E-state index in [-0.39, 0.29) is 5.56 Å². The SMILES string of the molecule is Cn1cc(-c2ccc3ncc(C(O)c4cc5cn(COCC[Si](C)(C)C)nc5cc4F)n3n2)cn1. The van der Waals surface area contributed by atoms with Crippen LogP contribution in [-0.4, -0.2) is 53.9 Å². The van der Waals surface area contributed by atoms with Crippen molar-refractivity contribution >= 4 is 24.6 Å². The fraction of sp³-hybridized carbons (Fsp3) is 0.333. The van der Waals surface area contributed by atoms with Gasteiger partial charge in [0, 0.05) is 56.7 Å². The molecule has 0 spiro atoms. The van der Waals surface area contributed by atoms with Gasteiger partial charge >= 0.3 is 0 Å². The van der Waals surface area contributed by atoms with Gasteiger partial charge in [-0.1, -0.05) is 19.6 Å². The zero-order valence-electron chi connectivity index (χ0n) is 20.2. The number of hydrogen-bond donors (Lipinski definition) is 1. The Bertz CT molecular complexity index is 1500. The Morgan fingerprint density at radius 3 is 2.69 bits per heavy atom. The van der Waals surface area contributed by atoms with Gasteiger partial charge in [0.1, 0.15) is 18.7 Å². The molecule has 1 aromatic carbocycles. The standard InChI is InChI=1S/C24H28FN7O2Si/c1-30-13-17(11-27-30)20-5-6-23-26-12-22(32(23)29-20)24(33)18-9-16-14-31(28-21(16)10-19(18)25)15-34-7-8-35(2,3)4/h5-6,9-14,24,33H,7-8,15H2,1-4H3. The molecule has 35 heavy (non-hydrogen) atoms. The minimum absolute atomic E-state index is 0.132. The van der Waals surface area contributed by atoms with Crippen LogP contribution in [0.25, 0.3) is 27.8 Å². The Kier molecular flexibility index (Phi) is 5.99. The van der Waals surface area contributed by atoms with Crippen LogP contribution in [0.3, 0.4) is 0 Å². The van der Waals surface area contributed by atoms with E-state index in [0.29, 0.717) is 41.3 Å². The number of aromatic nitrogens is 7. The van der Waals surface area contributed by atoms with Crippen molar-refractivity contribution in [2.75, 3.05) is 6.61 Å². The van der Waals surface area contributed by atoms with Gasteiger partial charge in [0.05, 0.1) is 29.3 Å². The minimum atomic E-state index is -1.26. The monoisotopic (exact) mass is 493 g/mol. The van der Waals surface area contributed by atoms with E-state index in [9.17, 15) is 5.11 Å². The van der Waals surface area contributed by atoms with E-state index >= 15 is 4.39 Å². The topological polar surface area (TPSA) is 95.3 Å². The summed E-state index contributed by atoms with van der Waals surface area (Å²) >= 11 is 0. The van der Waals surface area contributed by atoms with Crippen LogP contribution in [0.2, 0.25) is 25.7 Å². The summed E-state index contributed by atoms with van der Waals surface area (Å²) in [6.07, 6.45) is 5.61. The van der Waals surface area contributed by atoms with Gasteiger partial charge in [-0.25, -0.2) is 18.6 Å². The summed E-state index contributed by atoms with van der Waals surface area (Å²) in [4.78, 5) is 4.33. The van der Waals surface area contributed by atoms with Gasteiger partial charge in [-0.2, -0.15) is 15.3 Å². The summed E-state index contributed by atoms with van der Waals surface area (Å²) in [5, 5.41) is 25.1. The van der Waals surface area contributed by atoms with Gasteiger partial charge in [-0.15, -0.1) is 0 Å². The first-order chi connectivity index (χ1) is 16.7. The summed E-state index contributed by atoms with van der Waals surface area (Å²) in [7, 11) is 0.657. The second kappa shape index (κ2) is 8.99. The molecule has 0 bridgehead atoms. The van der Waals surface area contributed by atoms with Crippen LogP contribution >= 0.6 is 0 Å². The molecule has 4 aromatic heterocycles. The number of imidazole rings is 1. The van der Waals surface area contributed by atoms with Gasteiger partial charge in [0.2, 0.25) is 0 Å². The number of benzene rings is 1. The van der Waals surface area contributed by atoms with Crippen molar-refractivity contribution in [2.45, 2.75) is 38.5 Å². The Hall–Kier alpha value is -3.41. The molecule has 4 heterocycles. The molecule has 0 radical (unpaired) electrons. The molecule has 0 aliphatic heterocycles. The molecule has 9 nitrogen and oxygen atoms in total. The third kappa shape index (κ3) is 4.88. The fourth-order valence-corrected chi connectivity index (χ4v) is 4.63. The van der Waals surface area contributed by atoms with E-state index < -0.39 is 20.0 Å². The molecule has 1 N–H and O–H groups in total. The molecule has 1 atom stereocenters. The highest BCUT2D eigenvalue weighted by Crippen LogP contribution is 2.29. The van der Waals surface area contributed by atoms with Gasteiger partial charge in [0.25, 0.3) is 0 Å². The van der Waals surface area contributed by atoms with Gasteiger partial charge in [-0.05, 0) is 24.2 Å². The number of aliphatic hydroxyl groups is 1. The number of aryl methyl sites for hydroxylation is 1. The lowest BCUT2D eigenvalue weighted by Crippen LogP contribution is -2.22. The third-order valence-electron chi connectivity index (χ3n) is 5.85. The Labute approximate surface area is 202 Å². The smallest absolute Gasteiger partial charge is 0.153 e. The zero-order valence-corrected chi connectivity index (χ0v) is 21.2. The van der Waals surface area contributed by atoms with Gasteiger partial charge in [-0.3, -0.25) is 4.68 Å². The zero-order chi connectivity index (χ0) is 24.7. The summed E-state index contributed by atoms with van der Waals surface area (Å²) < 4.78 is 25.7. The molecule has 0 saturated heterocycles. The average molecular weight is 494 g/mol. The van der Waals surface area contributed by atoms with Crippen molar-refractivity contribution in [3.05, 3.63) is 66.1 Å². The minimum Gasteiger partial charge on any atom is -0.382 e. The third-order valence-corrected chi connectivity index (χ3v) is 7.56. The summed E-state index contributed by atoms with van der Waals surface area (Å²) in [6, 6.07) is 7.66. The average Bonchev–Trinajstić information content (AvgIpc) is 3.52. The highest BCUT2D eigenvalue weighted by Gasteiger charge is 2.22. The molecular formula is C24H28FN7O2Si. The van der Waals surface area contributed by atoms with Crippen molar-refractivity contribution in [3.63, 3.8) is 0 Å². The van der Waals surface area contributed by atoms with Gasteiger partial charge < -0.3 is 9.84 Å². The quantitative estimate of drug-likeness (QED) is 0.259. The first kappa shape index (κ1) is 23.3. The summed E-state index contributed by atoms with van der Waals surface area (Å²) in [5.74, 6) is -0.548. The Morgan fingerprint density at radius 1 is 1.11 bits per heavy atom. The number of hydrogen-bond acceptors (Lipinski definition) is 6. The maximum Gasteiger partial charge on any atom is 0.153 e. The molecule has 1 unspecified atom stereocenters. The molecule has 0 aliphatic rings. The second-order valence-corrected chi connectivity index (χ2v) is 15.5. The number of nitrogens with zero attached hydrogens (tertiary/aromatic N) is 7. The lowest BCUT2D eigenvalue weighted by molar-refractivity contribution is 0.0791. The van der Waals surface area contributed by atoms with Crippen LogP contribution in [0.4, 0.5) is 4.39 Å². The molecule has 0 saturated carbocycles. The molecule has 5 aromatic rings. The summed E-state index contributed by atoms with van der Waals surface area (Å²) in [5.41, 5.74) is 3.05. The molecular weight excluding hydrogens is 465 g/mol. The Morgan fingerprint density at radius 2 is 1.94 bits per heavy atom. The van der Waals surface area contributed by atoms with Crippen molar-refractivity contribution in [1.29, 1.82) is 0 Å². The van der Waals surface area contributed by atoms with Crippen LogP contribution in [0.15, 0.2) is 49.1 Å². The van der Waals surface area contributed by atoms with Crippen LogP contribution in [0.5, 0.6) is 0 Å². The predicted molar refractivity (Wildman–Crippen MR) is 133 cm³/mol. The van der Waals surface area contributed by atoms with Crippen LogP contribution in [0, 0.1) is 5.82 Å². The molecule has 0 fully saturated rings. The van der Waals surface area contributed by atoms with Crippen molar-refractivity contribution in [3.8, 4) is 11.3 Å². The predicted octanol–water partition coefficient (Wildman–Crippen LogP) is 4.01. The van der Waals surface area contributed by atoms with Crippen molar-refractivity contribution < 1.29 is 14.2 Å². The second-order valence-electron chi connectivity index (χ2n) is 9.93. The maximum absolute atomic E-state index is 15.1. The summed E-state index contributed by atoms with van der Waals surface area (Å²) in [6.45, 7) is 7.87. The molecule has 11 heteroatoms. The highest BCUT2D eigenvalue weighted by molar-refractivity contribution is 6.76. The molecule has 0 amide bonds. The number of aliphatic hydroxyl groups excluding tert-OH is 1.